The van der Waals surface area contributed by atoms with E-state index in [0.29, 0.717) is 12.3 Å². The summed E-state index contributed by atoms with van der Waals surface area (Å²) in [4.78, 5) is 0.190. The predicted octanol–water partition coefficient (Wildman–Crippen LogP) is 3.76. The van der Waals surface area contributed by atoms with Gasteiger partial charge in [0.25, 0.3) is 0 Å². The fraction of sp³-hybridized carbons (Fsp3) is 0.182. The van der Waals surface area contributed by atoms with Crippen LogP contribution in [0.25, 0.3) is 0 Å². The second-order valence-electron chi connectivity index (χ2n) is 6.48. The van der Waals surface area contributed by atoms with Crippen LogP contribution in [-0.4, -0.2) is 15.0 Å². The standard InChI is InChI=1S/C22H24N2O3S/c23-20-11-13-22(14-12-20)28(25,26)24-17-19-8-4-10-21(16-19)27-15-5-9-18-6-2-1-3-7-18/h1-4,6-8,10-14,16,24H,5,9,15,17,23H2. The number of hydrogen-bond acceptors (Lipinski definition) is 4. The average Bonchev–Trinajstić information content (AvgIpc) is 2.71. The lowest BCUT2D eigenvalue weighted by molar-refractivity contribution is 0.310. The SMILES string of the molecule is Nc1ccc(S(=O)(=O)NCc2cccc(OCCCc3ccccc3)c2)cc1. The summed E-state index contributed by atoms with van der Waals surface area (Å²) in [6.07, 6.45) is 1.87. The van der Waals surface area contributed by atoms with Crippen molar-refractivity contribution in [3.63, 3.8) is 0 Å². The highest BCUT2D eigenvalue weighted by Gasteiger charge is 2.13. The first-order valence-electron chi connectivity index (χ1n) is 9.14. The molecule has 0 fully saturated rings. The molecule has 0 amide bonds. The Morgan fingerprint density at radius 3 is 2.32 bits per heavy atom. The Bertz CT molecular complexity index is 988. The Morgan fingerprint density at radius 1 is 0.857 bits per heavy atom. The molecule has 146 valence electrons. The van der Waals surface area contributed by atoms with E-state index < -0.39 is 10.0 Å². The van der Waals surface area contributed by atoms with Crippen LogP contribution in [0.3, 0.4) is 0 Å². The summed E-state index contributed by atoms with van der Waals surface area (Å²) in [6, 6.07) is 23.9. The van der Waals surface area contributed by atoms with Gasteiger partial charge in [0.2, 0.25) is 10.0 Å². The highest BCUT2D eigenvalue weighted by molar-refractivity contribution is 7.89. The van der Waals surface area contributed by atoms with Gasteiger partial charge in [-0.25, -0.2) is 13.1 Å². The van der Waals surface area contributed by atoms with E-state index in [1.807, 2.05) is 42.5 Å². The Labute approximate surface area is 166 Å². The van der Waals surface area contributed by atoms with Crippen molar-refractivity contribution in [2.45, 2.75) is 24.3 Å². The molecule has 5 nitrogen and oxygen atoms in total. The molecule has 0 aliphatic rings. The maximum Gasteiger partial charge on any atom is 0.240 e. The van der Waals surface area contributed by atoms with Crippen molar-refractivity contribution in [3.05, 3.63) is 90.0 Å². The number of nitrogen functional groups attached to an aromatic ring is 1. The van der Waals surface area contributed by atoms with Gasteiger partial charge in [0, 0.05) is 12.2 Å². The van der Waals surface area contributed by atoms with E-state index in [4.69, 9.17) is 10.5 Å². The van der Waals surface area contributed by atoms with Gasteiger partial charge in [-0.05, 0) is 60.4 Å². The minimum Gasteiger partial charge on any atom is -0.494 e. The number of hydrogen-bond donors (Lipinski definition) is 2. The monoisotopic (exact) mass is 396 g/mol. The number of nitrogens with one attached hydrogen (secondary N) is 1. The van der Waals surface area contributed by atoms with E-state index in [9.17, 15) is 8.42 Å². The zero-order chi connectivity index (χ0) is 19.8. The first kappa shape index (κ1) is 19.9. The molecule has 0 heterocycles. The first-order valence-corrected chi connectivity index (χ1v) is 10.6. The number of anilines is 1. The van der Waals surface area contributed by atoms with Gasteiger partial charge in [0.05, 0.1) is 11.5 Å². The van der Waals surface area contributed by atoms with Crippen LogP contribution in [0.5, 0.6) is 5.75 Å². The Morgan fingerprint density at radius 2 is 1.57 bits per heavy atom. The number of rotatable bonds is 9. The van der Waals surface area contributed by atoms with Crippen LogP contribution in [0, 0.1) is 0 Å². The molecular weight excluding hydrogens is 372 g/mol. The molecular formula is C22H24N2O3S. The molecule has 3 N–H and O–H groups in total. The lowest BCUT2D eigenvalue weighted by atomic mass is 10.1. The minimum absolute atomic E-state index is 0.188. The summed E-state index contributed by atoms with van der Waals surface area (Å²) in [5.41, 5.74) is 8.25. The van der Waals surface area contributed by atoms with Crippen molar-refractivity contribution in [3.8, 4) is 5.75 Å². The van der Waals surface area contributed by atoms with E-state index in [2.05, 4.69) is 16.9 Å². The van der Waals surface area contributed by atoms with Crippen LogP contribution in [0.2, 0.25) is 0 Å². The van der Waals surface area contributed by atoms with Crippen LogP contribution in [0.15, 0.2) is 83.8 Å². The van der Waals surface area contributed by atoms with E-state index >= 15 is 0 Å². The summed E-state index contributed by atoms with van der Waals surface area (Å²) in [5, 5.41) is 0. The number of sulfonamides is 1. The van der Waals surface area contributed by atoms with Gasteiger partial charge in [-0.2, -0.15) is 0 Å². The third-order valence-corrected chi connectivity index (χ3v) is 5.69. The van der Waals surface area contributed by atoms with Crippen molar-refractivity contribution in [1.82, 2.24) is 4.72 Å². The topological polar surface area (TPSA) is 81.4 Å². The highest BCUT2D eigenvalue weighted by Crippen LogP contribution is 2.16. The fourth-order valence-electron chi connectivity index (χ4n) is 2.76. The molecule has 3 aromatic rings. The van der Waals surface area contributed by atoms with Crippen molar-refractivity contribution in [2.75, 3.05) is 12.3 Å². The number of nitrogens with two attached hydrogens (primary N) is 1. The maximum atomic E-state index is 12.4. The van der Waals surface area contributed by atoms with Gasteiger partial charge >= 0.3 is 0 Å². The molecule has 0 aliphatic carbocycles. The molecule has 0 saturated carbocycles. The molecule has 0 aromatic heterocycles. The van der Waals surface area contributed by atoms with Crippen LogP contribution in [0.1, 0.15) is 17.5 Å². The quantitative estimate of drug-likeness (QED) is 0.426. The average molecular weight is 397 g/mol. The molecule has 28 heavy (non-hydrogen) atoms. The third kappa shape index (κ3) is 5.84. The minimum atomic E-state index is -3.59. The Hall–Kier alpha value is -2.83. The summed E-state index contributed by atoms with van der Waals surface area (Å²) >= 11 is 0. The van der Waals surface area contributed by atoms with Crippen molar-refractivity contribution in [1.29, 1.82) is 0 Å². The normalized spacial score (nSPS) is 11.3. The Kier molecular flexibility index (Phi) is 6.68. The molecule has 0 saturated heterocycles. The van der Waals surface area contributed by atoms with Crippen molar-refractivity contribution in [2.24, 2.45) is 0 Å². The van der Waals surface area contributed by atoms with E-state index in [1.165, 1.54) is 17.7 Å². The largest absolute Gasteiger partial charge is 0.494 e. The van der Waals surface area contributed by atoms with Crippen LogP contribution < -0.4 is 15.2 Å². The number of ether oxygens (including phenoxy) is 1. The van der Waals surface area contributed by atoms with Crippen molar-refractivity contribution < 1.29 is 13.2 Å². The summed E-state index contributed by atoms with van der Waals surface area (Å²) in [7, 11) is -3.59. The summed E-state index contributed by atoms with van der Waals surface area (Å²) in [5.74, 6) is 0.734. The molecule has 3 rings (SSSR count). The zero-order valence-electron chi connectivity index (χ0n) is 15.5. The van der Waals surface area contributed by atoms with Crippen molar-refractivity contribution >= 4 is 15.7 Å². The van der Waals surface area contributed by atoms with Crippen LogP contribution >= 0.6 is 0 Å². The van der Waals surface area contributed by atoms with Gasteiger partial charge in [-0.15, -0.1) is 0 Å². The molecule has 3 aromatic carbocycles. The van der Waals surface area contributed by atoms with Gasteiger partial charge in [-0.3, -0.25) is 0 Å². The highest BCUT2D eigenvalue weighted by atomic mass is 32.2. The molecule has 0 radical (unpaired) electrons. The second kappa shape index (κ2) is 9.39. The lowest BCUT2D eigenvalue weighted by Gasteiger charge is -2.10. The third-order valence-electron chi connectivity index (χ3n) is 4.28. The van der Waals surface area contributed by atoms with Crippen LogP contribution in [-0.2, 0) is 23.0 Å². The molecule has 0 spiro atoms. The van der Waals surface area contributed by atoms with Gasteiger partial charge in [0.1, 0.15) is 5.75 Å². The summed E-state index contributed by atoms with van der Waals surface area (Å²) < 4.78 is 33.1. The number of aryl methyl sites for hydroxylation is 1. The first-order chi connectivity index (χ1) is 13.5. The lowest BCUT2D eigenvalue weighted by Crippen LogP contribution is -2.23. The maximum absolute atomic E-state index is 12.4. The van der Waals surface area contributed by atoms with Gasteiger partial charge < -0.3 is 10.5 Å². The zero-order valence-corrected chi connectivity index (χ0v) is 16.4. The predicted molar refractivity (Wildman–Crippen MR) is 112 cm³/mol. The van der Waals surface area contributed by atoms with E-state index in [-0.39, 0.29) is 11.4 Å². The van der Waals surface area contributed by atoms with Crippen LogP contribution in [0.4, 0.5) is 5.69 Å². The smallest absolute Gasteiger partial charge is 0.240 e. The second-order valence-corrected chi connectivity index (χ2v) is 8.25. The Balaban J connectivity index is 1.51. The molecule has 0 atom stereocenters. The fourth-order valence-corrected chi connectivity index (χ4v) is 3.78. The molecule has 6 heteroatoms. The van der Waals surface area contributed by atoms with E-state index in [1.54, 1.807) is 12.1 Å². The number of benzene rings is 3. The molecule has 0 bridgehead atoms. The van der Waals surface area contributed by atoms with E-state index in [0.717, 1.165) is 24.2 Å². The van der Waals surface area contributed by atoms with Gasteiger partial charge in [0.15, 0.2) is 0 Å². The summed E-state index contributed by atoms with van der Waals surface area (Å²) in [6.45, 7) is 0.795. The molecule has 0 unspecified atom stereocenters. The van der Waals surface area contributed by atoms with Gasteiger partial charge in [-0.1, -0.05) is 42.5 Å². The molecule has 0 aliphatic heterocycles.